The highest BCUT2D eigenvalue weighted by molar-refractivity contribution is 9.10. The van der Waals surface area contributed by atoms with Crippen molar-refractivity contribution in [1.29, 1.82) is 0 Å². The first kappa shape index (κ1) is 20.3. The van der Waals surface area contributed by atoms with E-state index in [-0.39, 0.29) is 11.9 Å². The Morgan fingerprint density at radius 3 is 2.67 bits per heavy atom. The van der Waals surface area contributed by atoms with Crippen molar-refractivity contribution in [3.8, 4) is 11.5 Å². The number of carbonyl (C=O) groups is 1. The first-order chi connectivity index (χ1) is 15.9. The summed E-state index contributed by atoms with van der Waals surface area (Å²) in [4.78, 5) is 15.5. The number of benzene rings is 3. The number of aryl methyl sites for hydroxylation is 1. The quantitative estimate of drug-likeness (QED) is 0.485. The minimum atomic E-state index is -1.34. The minimum Gasteiger partial charge on any atom is -0.497 e. The van der Waals surface area contributed by atoms with Crippen molar-refractivity contribution in [2.24, 2.45) is 5.10 Å². The van der Waals surface area contributed by atoms with Gasteiger partial charge in [-0.15, -0.1) is 0 Å². The third-order valence-corrected chi connectivity index (χ3v) is 7.21. The second kappa shape index (κ2) is 7.09. The molecule has 0 saturated carbocycles. The highest BCUT2D eigenvalue weighted by Gasteiger charge is 2.62. The van der Waals surface area contributed by atoms with Crippen molar-refractivity contribution < 1.29 is 14.3 Å². The van der Waals surface area contributed by atoms with Gasteiger partial charge in [0.25, 0.3) is 5.91 Å². The lowest BCUT2D eigenvalue weighted by molar-refractivity contribution is -0.163. The lowest BCUT2D eigenvalue weighted by Gasteiger charge is -2.44. The SMILES string of the molecule is COc1ccc(C2=NN3[C@@H](C2)c2cc(Br)ccc2O[C@]32C(=O)N(C)c3ccc(C)cc32)cc1. The number of hydrogen-bond donors (Lipinski definition) is 0. The molecule has 3 aromatic rings. The number of fused-ring (bicyclic) bond motifs is 6. The average molecular weight is 504 g/mol. The predicted molar refractivity (Wildman–Crippen MR) is 130 cm³/mol. The van der Waals surface area contributed by atoms with Crippen LogP contribution in [0.4, 0.5) is 5.69 Å². The summed E-state index contributed by atoms with van der Waals surface area (Å²) in [5.41, 5.74) is 4.33. The molecule has 1 spiro atoms. The summed E-state index contributed by atoms with van der Waals surface area (Å²) in [6, 6.07) is 19.7. The first-order valence-electron chi connectivity index (χ1n) is 10.8. The fraction of sp³-hybridized carbons (Fsp3) is 0.231. The van der Waals surface area contributed by atoms with Gasteiger partial charge in [0.1, 0.15) is 11.5 Å². The summed E-state index contributed by atoms with van der Waals surface area (Å²) in [7, 11) is 3.45. The number of ether oxygens (including phenoxy) is 2. The summed E-state index contributed by atoms with van der Waals surface area (Å²) >= 11 is 3.59. The van der Waals surface area contributed by atoms with Crippen molar-refractivity contribution in [1.82, 2.24) is 5.01 Å². The largest absolute Gasteiger partial charge is 0.497 e. The molecule has 3 heterocycles. The molecule has 3 aliphatic rings. The van der Waals surface area contributed by atoms with Crippen molar-refractivity contribution >= 4 is 33.2 Å². The number of hydrazone groups is 1. The van der Waals surface area contributed by atoms with E-state index in [9.17, 15) is 4.79 Å². The first-order valence-corrected chi connectivity index (χ1v) is 11.6. The maximum atomic E-state index is 13.9. The van der Waals surface area contributed by atoms with E-state index < -0.39 is 5.72 Å². The Bertz CT molecular complexity index is 1340. The van der Waals surface area contributed by atoms with Crippen molar-refractivity contribution in [2.45, 2.75) is 25.1 Å². The Balaban J connectivity index is 1.57. The van der Waals surface area contributed by atoms with Gasteiger partial charge in [0.05, 0.1) is 30.1 Å². The van der Waals surface area contributed by atoms with Gasteiger partial charge < -0.3 is 14.4 Å². The highest BCUT2D eigenvalue weighted by Crippen LogP contribution is 2.55. The number of amides is 1. The fourth-order valence-corrected chi connectivity index (χ4v) is 5.44. The number of halogens is 1. The second-order valence-electron chi connectivity index (χ2n) is 8.65. The fourth-order valence-electron chi connectivity index (χ4n) is 5.07. The van der Waals surface area contributed by atoms with Gasteiger partial charge >= 0.3 is 5.72 Å². The van der Waals surface area contributed by atoms with Crippen LogP contribution in [0, 0.1) is 6.92 Å². The van der Waals surface area contributed by atoms with Gasteiger partial charge in [-0.2, -0.15) is 5.10 Å². The van der Waals surface area contributed by atoms with Gasteiger partial charge in [-0.25, -0.2) is 5.01 Å². The summed E-state index contributed by atoms with van der Waals surface area (Å²) < 4.78 is 12.9. The zero-order chi connectivity index (χ0) is 22.9. The normalized spacial score (nSPS) is 22.6. The van der Waals surface area contributed by atoms with Gasteiger partial charge in [-0.05, 0) is 67.1 Å². The van der Waals surface area contributed by atoms with E-state index in [1.165, 1.54) is 0 Å². The number of nitrogens with zero attached hydrogens (tertiary/aromatic N) is 3. The number of rotatable bonds is 2. The van der Waals surface area contributed by atoms with Crippen LogP contribution in [0.1, 0.15) is 34.7 Å². The molecular formula is C26H22BrN3O3. The maximum absolute atomic E-state index is 13.9. The van der Waals surface area contributed by atoms with Crippen LogP contribution in [0.2, 0.25) is 0 Å². The number of hydrogen-bond acceptors (Lipinski definition) is 5. The third-order valence-electron chi connectivity index (χ3n) is 6.72. The van der Waals surface area contributed by atoms with E-state index in [2.05, 4.69) is 22.0 Å². The zero-order valence-electron chi connectivity index (χ0n) is 18.5. The monoisotopic (exact) mass is 503 g/mol. The van der Waals surface area contributed by atoms with Gasteiger partial charge in [-0.1, -0.05) is 27.6 Å². The van der Waals surface area contributed by atoms with E-state index in [4.69, 9.17) is 14.6 Å². The standard InChI is InChI=1S/C26H22BrN3O3/c1-15-4-10-22-20(12-15)26(25(31)29(22)2)30-23(19-13-17(27)7-11-24(19)33-26)14-21(28-30)16-5-8-18(32-3)9-6-16/h4-13,23H,14H2,1-3H3/t23-,26+/m0/s1. The molecule has 3 aliphatic heterocycles. The van der Waals surface area contributed by atoms with Crippen LogP contribution in [0.3, 0.4) is 0 Å². The summed E-state index contributed by atoms with van der Waals surface area (Å²) in [6.45, 7) is 2.03. The summed E-state index contributed by atoms with van der Waals surface area (Å²) in [5.74, 6) is 1.37. The molecule has 2 atom stereocenters. The molecular weight excluding hydrogens is 482 g/mol. The Hall–Kier alpha value is -3.32. The number of likely N-dealkylation sites (N-methyl/N-ethyl adjacent to an activating group) is 1. The zero-order valence-corrected chi connectivity index (χ0v) is 20.1. The van der Waals surface area contributed by atoms with Crippen LogP contribution in [0.25, 0.3) is 0 Å². The van der Waals surface area contributed by atoms with Gasteiger partial charge in [0.15, 0.2) is 0 Å². The van der Waals surface area contributed by atoms with Crippen LogP contribution >= 0.6 is 15.9 Å². The van der Waals surface area contributed by atoms with E-state index in [1.54, 1.807) is 19.1 Å². The molecule has 33 heavy (non-hydrogen) atoms. The molecule has 0 unspecified atom stereocenters. The van der Waals surface area contributed by atoms with Crippen molar-refractivity contribution in [3.05, 3.63) is 87.4 Å². The molecule has 0 fully saturated rings. The number of carbonyl (C=O) groups excluding carboxylic acids is 1. The molecule has 0 N–H and O–H groups in total. The topological polar surface area (TPSA) is 54.4 Å². The summed E-state index contributed by atoms with van der Waals surface area (Å²) in [5, 5.41) is 6.91. The van der Waals surface area contributed by atoms with Crippen LogP contribution in [-0.2, 0) is 10.5 Å². The van der Waals surface area contributed by atoms with E-state index in [0.717, 1.165) is 43.9 Å². The molecule has 0 aliphatic carbocycles. The van der Waals surface area contributed by atoms with E-state index in [0.29, 0.717) is 12.2 Å². The van der Waals surface area contributed by atoms with Gasteiger partial charge in [0, 0.05) is 23.5 Å². The minimum absolute atomic E-state index is 0.132. The molecule has 1 amide bonds. The third kappa shape index (κ3) is 2.78. The van der Waals surface area contributed by atoms with Crippen LogP contribution < -0.4 is 14.4 Å². The smallest absolute Gasteiger partial charge is 0.306 e. The van der Waals surface area contributed by atoms with Crippen molar-refractivity contribution in [2.75, 3.05) is 19.1 Å². The lowest BCUT2D eigenvalue weighted by Crippen LogP contribution is -2.56. The molecule has 3 aromatic carbocycles. The van der Waals surface area contributed by atoms with Crippen LogP contribution in [0.15, 0.2) is 70.2 Å². The molecule has 6 nitrogen and oxygen atoms in total. The lowest BCUT2D eigenvalue weighted by atomic mass is 9.92. The Morgan fingerprint density at radius 2 is 1.91 bits per heavy atom. The molecule has 0 aromatic heterocycles. The second-order valence-corrected chi connectivity index (χ2v) is 9.57. The van der Waals surface area contributed by atoms with Gasteiger partial charge in [-0.3, -0.25) is 4.79 Å². The number of methoxy groups -OCH3 is 1. The molecule has 166 valence electrons. The van der Waals surface area contributed by atoms with Crippen LogP contribution in [-0.4, -0.2) is 30.8 Å². The summed E-state index contributed by atoms with van der Waals surface area (Å²) in [6.07, 6.45) is 0.666. The average Bonchev–Trinajstić information content (AvgIpc) is 3.36. The highest BCUT2D eigenvalue weighted by atomic mass is 79.9. The predicted octanol–water partition coefficient (Wildman–Crippen LogP) is 5.14. The maximum Gasteiger partial charge on any atom is 0.306 e. The Kier molecular flexibility index (Phi) is 4.36. The Labute approximate surface area is 200 Å². The molecule has 7 heteroatoms. The van der Waals surface area contributed by atoms with Crippen molar-refractivity contribution in [3.63, 3.8) is 0 Å². The Morgan fingerprint density at radius 1 is 1.12 bits per heavy atom. The number of anilines is 1. The molecule has 0 saturated heterocycles. The molecule has 6 rings (SSSR count). The van der Waals surface area contributed by atoms with Crippen LogP contribution in [0.5, 0.6) is 11.5 Å². The molecule has 0 radical (unpaired) electrons. The van der Waals surface area contributed by atoms with E-state index in [1.807, 2.05) is 66.5 Å². The van der Waals surface area contributed by atoms with E-state index >= 15 is 0 Å². The van der Waals surface area contributed by atoms with Gasteiger partial charge in [0.2, 0.25) is 0 Å². The molecule has 0 bridgehead atoms.